The van der Waals surface area contributed by atoms with Crippen LogP contribution in [0.25, 0.3) is 10.8 Å². The van der Waals surface area contributed by atoms with Crippen molar-refractivity contribution in [3.05, 3.63) is 46.4 Å². The third-order valence-corrected chi connectivity index (χ3v) is 2.24. The Morgan fingerprint density at radius 1 is 1.29 bits per heavy atom. The molecule has 0 amide bonds. The van der Waals surface area contributed by atoms with Crippen molar-refractivity contribution in [2.75, 3.05) is 0 Å². The van der Waals surface area contributed by atoms with Crippen LogP contribution in [0.15, 0.2) is 35.3 Å². The summed E-state index contributed by atoms with van der Waals surface area (Å²) in [6.07, 6.45) is 2.46. The van der Waals surface area contributed by atoms with E-state index in [2.05, 4.69) is 0 Å². The summed E-state index contributed by atoms with van der Waals surface area (Å²) in [6.45, 7) is 0. The van der Waals surface area contributed by atoms with Gasteiger partial charge < -0.3 is 4.57 Å². The lowest BCUT2D eigenvalue weighted by atomic mass is 10.1. The standard InChI is InChI=1S/C11H9NO2/c1-12-5-4-9-3-2-8(7-13)6-10(9)11(12)14/h2-7H,1H3. The van der Waals surface area contributed by atoms with Crippen molar-refractivity contribution in [1.29, 1.82) is 0 Å². The highest BCUT2D eigenvalue weighted by atomic mass is 16.1. The number of carbonyl (C=O) groups is 1. The SMILES string of the molecule is Cn1ccc2ccc(C=O)cc2c1=O. The minimum atomic E-state index is -0.0776. The van der Waals surface area contributed by atoms with Crippen molar-refractivity contribution < 1.29 is 4.79 Å². The van der Waals surface area contributed by atoms with E-state index in [1.54, 1.807) is 31.4 Å². The van der Waals surface area contributed by atoms with Gasteiger partial charge in [0.2, 0.25) is 0 Å². The number of hydrogen-bond acceptors (Lipinski definition) is 2. The zero-order valence-electron chi connectivity index (χ0n) is 7.73. The van der Waals surface area contributed by atoms with E-state index in [1.807, 2.05) is 6.07 Å². The average Bonchev–Trinajstić information content (AvgIpc) is 2.23. The minimum Gasteiger partial charge on any atom is -0.318 e. The zero-order valence-corrected chi connectivity index (χ0v) is 7.73. The lowest BCUT2D eigenvalue weighted by Crippen LogP contribution is -2.15. The number of benzene rings is 1. The second kappa shape index (κ2) is 3.10. The molecule has 0 unspecified atom stereocenters. The van der Waals surface area contributed by atoms with E-state index >= 15 is 0 Å². The van der Waals surface area contributed by atoms with Crippen LogP contribution in [0.2, 0.25) is 0 Å². The van der Waals surface area contributed by atoms with Crippen molar-refractivity contribution in [1.82, 2.24) is 4.57 Å². The third-order valence-electron chi connectivity index (χ3n) is 2.24. The first-order valence-corrected chi connectivity index (χ1v) is 4.27. The molecular weight excluding hydrogens is 178 g/mol. The Morgan fingerprint density at radius 2 is 2.07 bits per heavy atom. The molecule has 2 aromatic rings. The van der Waals surface area contributed by atoms with Crippen LogP contribution in [0.4, 0.5) is 0 Å². The Bertz CT molecular complexity index is 555. The Balaban J connectivity index is 2.91. The number of rotatable bonds is 1. The van der Waals surface area contributed by atoms with Crippen molar-refractivity contribution in [2.24, 2.45) is 7.05 Å². The van der Waals surface area contributed by atoms with Crippen molar-refractivity contribution >= 4 is 17.1 Å². The number of aryl methyl sites for hydroxylation is 1. The molecule has 0 spiro atoms. The minimum absolute atomic E-state index is 0.0776. The molecule has 0 saturated heterocycles. The van der Waals surface area contributed by atoms with Gasteiger partial charge >= 0.3 is 0 Å². The lowest BCUT2D eigenvalue weighted by molar-refractivity contribution is 0.112. The maximum absolute atomic E-state index is 11.6. The Kier molecular flexibility index (Phi) is 1.93. The normalized spacial score (nSPS) is 10.4. The summed E-state index contributed by atoms with van der Waals surface area (Å²) in [6, 6.07) is 6.95. The average molecular weight is 187 g/mol. The topological polar surface area (TPSA) is 39.1 Å². The van der Waals surface area contributed by atoms with Crippen LogP contribution in [0.5, 0.6) is 0 Å². The molecule has 3 nitrogen and oxygen atoms in total. The van der Waals surface area contributed by atoms with E-state index in [1.165, 1.54) is 4.57 Å². The summed E-state index contributed by atoms with van der Waals surface area (Å²) in [4.78, 5) is 22.2. The third kappa shape index (κ3) is 1.23. The molecule has 3 heteroatoms. The van der Waals surface area contributed by atoms with Gasteiger partial charge in [0.1, 0.15) is 6.29 Å². The van der Waals surface area contributed by atoms with Gasteiger partial charge in [-0.3, -0.25) is 9.59 Å². The van der Waals surface area contributed by atoms with Gasteiger partial charge in [0.25, 0.3) is 5.56 Å². The molecule has 1 aromatic heterocycles. The van der Waals surface area contributed by atoms with Crippen LogP contribution in [0, 0.1) is 0 Å². The number of pyridine rings is 1. The molecule has 0 atom stereocenters. The van der Waals surface area contributed by atoms with Gasteiger partial charge in [-0.05, 0) is 17.5 Å². The van der Waals surface area contributed by atoms with Gasteiger partial charge in [-0.15, -0.1) is 0 Å². The van der Waals surface area contributed by atoms with Crippen molar-refractivity contribution in [3.63, 3.8) is 0 Å². The molecule has 2 rings (SSSR count). The molecule has 1 aromatic carbocycles. The van der Waals surface area contributed by atoms with Gasteiger partial charge in [0.05, 0.1) is 0 Å². The van der Waals surface area contributed by atoms with E-state index in [0.29, 0.717) is 10.9 Å². The number of hydrogen-bond donors (Lipinski definition) is 0. The molecular formula is C11H9NO2. The summed E-state index contributed by atoms with van der Waals surface area (Å²) in [5.74, 6) is 0. The van der Waals surface area contributed by atoms with E-state index in [0.717, 1.165) is 11.7 Å². The van der Waals surface area contributed by atoms with Crippen LogP contribution >= 0.6 is 0 Å². The quantitative estimate of drug-likeness (QED) is 0.632. The van der Waals surface area contributed by atoms with Crippen molar-refractivity contribution in [3.8, 4) is 0 Å². The summed E-state index contributed by atoms with van der Waals surface area (Å²) in [7, 11) is 1.69. The molecule has 1 heterocycles. The van der Waals surface area contributed by atoms with Crippen LogP contribution in [-0.4, -0.2) is 10.9 Å². The van der Waals surface area contributed by atoms with Crippen LogP contribution < -0.4 is 5.56 Å². The number of fused-ring (bicyclic) bond motifs is 1. The Labute approximate surface area is 80.6 Å². The monoisotopic (exact) mass is 187 g/mol. The fourth-order valence-corrected chi connectivity index (χ4v) is 1.43. The highest BCUT2D eigenvalue weighted by Crippen LogP contribution is 2.10. The smallest absolute Gasteiger partial charge is 0.258 e. The van der Waals surface area contributed by atoms with E-state index in [4.69, 9.17) is 0 Å². The van der Waals surface area contributed by atoms with E-state index in [-0.39, 0.29) is 5.56 Å². The number of aromatic nitrogens is 1. The lowest BCUT2D eigenvalue weighted by Gasteiger charge is -2.00. The highest BCUT2D eigenvalue weighted by Gasteiger charge is 2.00. The fourth-order valence-electron chi connectivity index (χ4n) is 1.43. The number of aldehydes is 1. The second-order valence-electron chi connectivity index (χ2n) is 3.20. The Morgan fingerprint density at radius 3 is 2.79 bits per heavy atom. The van der Waals surface area contributed by atoms with Gasteiger partial charge in [0, 0.05) is 24.2 Å². The molecule has 0 N–H and O–H groups in total. The highest BCUT2D eigenvalue weighted by molar-refractivity contribution is 5.88. The Hall–Kier alpha value is -1.90. The first-order valence-electron chi connectivity index (χ1n) is 4.27. The van der Waals surface area contributed by atoms with Crippen LogP contribution in [0.1, 0.15) is 10.4 Å². The fraction of sp³-hybridized carbons (Fsp3) is 0.0909. The maximum Gasteiger partial charge on any atom is 0.258 e. The number of carbonyl (C=O) groups excluding carboxylic acids is 1. The molecule has 0 fully saturated rings. The first-order chi connectivity index (χ1) is 6.72. The summed E-state index contributed by atoms with van der Waals surface area (Å²) < 4.78 is 1.50. The molecule has 0 saturated carbocycles. The molecule has 0 aliphatic carbocycles. The summed E-state index contributed by atoms with van der Waals surface area (Å²) in [5.41, 5.74) is 0.451. The van der Waals surface area contributed by atoms with E-state index < -0.39 is 0 Å². The summed E-state index contributed by atoms with van der Waals surface area (Å²) in [5, 5.41) is 1.44. The van der Waals surface area contributed by atoms with Gasteiger partial charge in [-0.25, -0.2) is 0 Å². The summed E-state index contributed by atoms with van der Waals surface area (Å²) >= 11 is 0. The molecule has 14 heavy (non-hydrogen) atoms. The maximum atomic E-state index is 11.6. The number of nitrogens with zero attached hydrogens (tertiary/aromatic N) is 1. The molecule has 0 radical (unpaired) electrons. The second-order valence-corrected chi connectivity index (χ2v) is 3.20. The van der Waals surface area contributed by atoms with Crippen LogP contribution in [-0.2, 0) is 7.05 Å². The largest absolute Gasteiger partial charge is 0.318 e. The zero-order chi connectivity index (χ0) is 10.1. The predicted octanol–water partition coefficient (Wildman–Crippen LogP) is 1.35. The molecule has 0 aliphatic heterocycles. The predicted molar refractivity (Wildman–Crippen MR) is 54.6 cm³/mol. The van der Waals surface area contributed by atoms with Crippen molar-refractivity contribution in [2.45, 2.75) is 0 Å². The molecule has 0 aliphatic rings. The van der Waals surface area contributed by atoms with Gasteiger partial charge in [-0.1, -0.05) is 12.1 Å². The first kappa shape index (κ1) is 8.69. The molecule has 0 bridgehead atoms. The van der Waals surface area contributed by atoms with Crippen LogP contribution in [0.3, 0.4) is 0 Å². The van der Waals surface area contributed by atoms with E-state index in [9.17, 15) is 9.59 Å². The van der Waals surface area contributed by atoms with Gasteiger partial charge in [-0.2, -0.15) is 0 Å². The molecule has 70 valence electrons. The van der Waals surface area contributed by atoms with Gasteiger partial charge in [0.15, 0.2) is 0 Å².